The molecular formula is C38H48N4O4. The van der Waals surface area contributed by atoms with Crippen LogP contribution in [0.3, 0.4) is 0 Å². The first-order valence-electron chi connectivity index (χ1n) is 16.7. The first kappa shape index (κ1) is 32.9. The van der Waals surface area contributed by atoms with Gasteiger partial charge in [-0.15, -0.1) is 0 Å². The summed E-state index contributed by atoms with van der Waals surface area (Å²) in [6.45, 7) is 17.4. The third kappa shape index (κ3) is 6.43. The Kier molecular flexibility index (Phi) is 9.94. The van der Waals surface area contributed by atoms with E-state index < -0.39 is 0 Å². The number of aromatic amines is 4. The average molecular weight is 625 g/mol. The Balaban J connectivity index is 1.83. The maximum atomic E-state index is 12.4. The number of esters is 2. The fourth-order valence-electron chi connectivity index (χ4n) is 6.84. The summed E-state index contributed by atoms with van der Waals surface area (Å²) in [6.07, 6.45) is 12.2. The largest absolute Gasteiger partial charge is 0.466 e. The SMILES string of the molecule is CCOC(=O)CCc1c2[nH]c(c1C)/C=c1\[nH]/c(c(CC)c1C)=C\c1[nH]c(c(CC)c1C)/C=c1\[nH]/c(c(CCC(=O)OCC)c1C)=C\2. The van der Waals surface area contributed by atoms with Crippen LogP contribution in [0.25, 0.3) is 24.3 Å². The van der Waals surface area contributed by atoms with Gasteiger partial charge in [-0.05, 0) is 136 Å². The second-order valence-corrected chi connectivity index (χ2v) is 12.1. The molecule has 5 heterocycles. The number of fused-ring (bicyclic) bond motifs is 8. The highest BCUT2D eigenvalue weighted by Gasteiger charge is 2.18. The fraction of sp³-hybridized carbons (Fsp3) is 0.421. The summed E-state index contributed by atoms with van der Waals surface area (Å²) in [5.41, 5.74) is 13.5. The van der Waals surface area contributed by atoms with Crippen LogP contribution >= 0.6 is 0 Å². The van der Waals surface area contributed by atoms with Crippen molar-refractivity contribution < 1.29 is 19.1 Å². The zero-order valence-electron chi connectivity index (χ0n) is 28.6. The zero-order valence-corrected chi connectivity index (χ0v) is 28.6. The number of carbonyl (C=O) groups is 2. The summed E-state index contributed by atoms with van der Waals surface area (Å²) in [6, 6.07) is 0. The Morgan fingerprint density at radius 3 is 1.46 bits per heavy atom. The maximum absolute atomic E-state index is 12.4. The van der Waals surface area contributed by atoms with Crippen LogP contribution in [-0.2, 0) is 44.7 Å². The highest BCUT2D eigenvalue weighted by molar-refractivity contribution is 5.72. The van der Waals surface area contributed by atoms with Crippen molar-refractivity contribution in [2.45, 2.75) is 93.9 Å². The van der Waals surface area contributed by atoms with E-state index in [4.69, 9.17) is 9.47 Å². The summed E-state index contributed by atoms with van der Waals surface area (Å²) in [4.78, 5) is 39.7. The Labute approximate surface area is 270 Å². The van der Waals surface area contributed by atoms with E-state index in [0.29, 0.717) is 38.9 Å². The Morgan fingerprint density at radius 1 is 0.500 bits per heavy atom. The second-order valence-electron chi connectivity index (χ2n) is 12.1. The number of carbonyl (C=O) groups excluding carboxylic acids is 2. The molecule has 0 saturated carbocycles. The molecule has 0 unspecified atom stereocenters. The molecule has 0 fully saturated rings. The number of hydrogen-bond donors (Lipinski definition) is 4. The lowest BCUT2D eigenvalue weighted by atomic mass is 10.0. The van der Waals surface area contributed by atoms with Gasteiger partial charge in [-0.1, -0.05) is 13.8 Å². The maximum Gasteiger partial charge on any atom is 0.306 e. The molecule has 0 amide bonds. The summed E-state index contributed by atoms with van der Waals surface area (Å²) >= 11 is 0. The van der Waals surface area contributed by atoms with Crippen LogP contribution in [-0.4, -0.2) is 45.1 Å². The van der Waals surface area contributed by atoms with Gasteiger partial charge in [0.15, 0.2) is 0 Å². The van der Waals surface area contributed by atoms with E-state index in [1.165, 1.54) is 22.3 Å². The molecule has 46 heavy (non-hydrogen) atoms. The summed E-state index contributed by atoms with van der Waals surface area (Å²) in [5.74, 6) is -0.415. The lowest BCUT2D eigenvalue weighted by molar-refractivity contribution is -0.144. The van der Waals surface area contributed by atoms with Gasteiger partial charge < -0.3 is 29.4 Å². The predicted octanol–water partition coefficient (Wildman–Crippen LogP) is 3.98. The van der Waals surface area contributed by atoms with Gasteiger partial charge in [0.05, 0.1) is 13.2 Å². The molecule has 1 aliphatic rings. The van der Waals surface area contributed by atoms with E-state index in [0.717, 1.165) is 79.3 Å². The molecule has 4 N–H and O–H groups in total. The van der Waals surface area contributed by atoms with Crippen molar-refractivity contribution in [2.24, 2.45) is 0 Å². The standard InChI is InChI=1S/C38H48N4O4/c1-9-25-21(5)29-17-30-23(7)27(13-15-37(43)45-11-3)35(41-30)20-36-28(14-16-38(44)46-12-4)24(8)32(42-36)19-34-26(10-2)22(6)31(40-34)18-33(25)39-29/h17-20,39-42H,9-16H2,1-8H3/b29-17-,30-17?,31-18?,32-19-,33-18-,34-19?,35-20?,36-20-. The normalized spacial score (nSPS) is 15.1. The molecule has 244 valence electrons. The molecule has 8 bridgehead atoms. The summed E-state index contributed by atoms with van der Waals surface area (Å²) in [7, 11) is 0. The number of hydrogen-bond acceptors (Lipinski definition) is 4. The fourth-order valence-corrected chi connectivity index (χ4v) is 6.84. The average Bonchev–Trinajstić information content (AvgIpc) is 3.68. The lowest BCUT2D eigenvalue weighted by Gasteiger charge is -2.04. The molecule has 0 saturated heterocycles. The van der Waals surface area contributed by atoms with E-state index in [-0.39, 0.29) is 11.9 Å². The summed E-state index contributed by atoms with van der Waals surface area (Å²) in [5, 5.41) is 4.10. The van der Waals surface area contributed by atoms with E-state index in [1.807, 2.05) is 13.8 Å². The Hall–Kier alpha value is -4.46. The van der Waals surface area contributed by atoms with E-state index in [1.54, 1.807) is 0 Å². The Bertz CT molecular complexity index is 2030. The van der Waals surface area contributed by atoms with E-state index >= 15 is 0 Å². The van der Waals surface area contributed by atoms with Crippen molar-refractivity contribution in [3.05, 3.63) is 88.7 Å². The van der Waals surface area contributed by atoms with Gasteiger partial charge in [-0.2, -0.15) is 0 Å². The number of H-pyrrole nitrogens is 4. The van der Waals surface area contributed by atoms with Gasteiger partial charge in [0.25, 0.3) is 0 Å². The van der Waals surface area contributed by atoms with Crippen molar-refractivity contribution in [1.82, 2.24) is 19.9 Å². The van der Waals surface area contributed by atoms with Crippen molar-refractivity contribution in [3.8, 4) is 0 Å². The molecule has 0 spiro atoms. The molecule has 8 nitrogen and oxygen atoms in total. The van der Waals surface area contributed by atoms with Crippen molar-refractivity contribution in [2.75, 3.05) is 13.2 Å². The van der Waals surface area contributed by atoms with Crippen molar-refractivity contribution in [3.63, 3.8) is 0 Å². The van der Waals surface area contributed by atoms with Crippen molar-refractivity contribution in [1.29, 1.82) is 0 Å². The number of nitrogens with one attached hydrogen (secondary N) is 4. The molecule has 5 rings (SSSR count). The third-order valence-electron chi connectivity index (χ3n) is 9.44. The van der Waals surface area contributed by atoms with Crippen molar-refractivity contribution >= 4 is 36.2 Å². The molecular weight excluding hydrogens is 576 g/mol. The second kappa shape index (κ2) is 13.9. The monoisotopic (exact) mass is 624 g/mol. The quantitative estimate of drug-likeness (QED) is 0.176. The first-order valence-corrected chi connectivity index (χ1v) is 16.7. The van der Waals surface area contributed by atoms with Gasteiger partial charge in [0.1, 0.15) is 0 Å². The molecule has 8 heteroatoms. The van der Waals surface area contributed by atoms with Gasteiger partial charge >= 0.3 is 11.9 Å². The molecule has 0 atom stereocenters. The minimum absolute atomic E-state index is 0.207. The molecule has 1 aliphatic heterocycles. The molecule has 4 aromatic heterocycles. The summed E-state index contributed by atoms with van der Waals surface area (Å²) < 4.78 is 10.5. The lowest BCUT2D eigenvalue weighted by Crippen LogP contribution is -2.14. The smallest absolute Gasteiger partial charge is 0.306 e. The predicted molar refractivity (Wildman–Crippen MR) is 184 cm³/mol. The van der Waals surface area contributed by atoms with E-state index in [9.17, 15) is 9.59 Å². The molecule has 0 aromatic carbocycles. The van der Waals surface area contributed by atoms with E-state index in [2.05, 4.69) is 85.8 Å². The van der Waals surface area contributed by atoms with Crippen LogP contribution < -0.4 is 21.4 Å². The zero-order chi connectivity index (χ0) is 33.1. The van der Waals surface area contributed by atoms with Crippen LogP contribution in [0.2, 0.25) is 0 Å². The highest BCUT2D eigenvalue weighted by atomic mass is 16.5. The van der Waals surface area contributed by atoms with Gasteiger partial charge in [0.2, 0.25) is 0 Å². The Morgan fingerprint density at radius 2 is 0.913 bits per heavy atom. The molecule has 4 aromatic rings. The number of rotatable bonds is 10. The van der Waals surface area contributed by atoms with Gasteiger partial charge in [-0.3, -0.25) is 9.59 Å². The van der Waals surface area contributed by atoms with Crippen LogP contribution in [0.5, 0.6) is 0 Å². The molecule has 0 aliphatic carbocycles. The first-order chi connectivity index (χ1) is 22.1. The van der Waals surface area contributed by atoms with Crippen LogP contribution in [0.1, 0.15) is 108 Å². The molecule has 0 radical (unpaired) electrons. The van der Waals surface area contributed by atoms with Crippen LogP contribution in [0.4, 0.5) is 0 Å². The van der Waals surface area contributed by atoms with Crippen LogP contribution in [0.15, 0.2) is 0 Å². The van der Waals surface area contributed by atoms with Gasteiger partial charge in [-0.25, -0.2) is 0 Å². The highest BCUT2D eigenvalue weighted by Crippen LogP contribution is 2.23. The number of aromatic nitrogens is 4. The number of ether oxygens (including phenoxy) is 2. The van der Waals surface area contributed by atoms with Crippen LogP contribution in [0, 0.1) is 27.7 Å². The third-order valence-corrected chi connectivity index (χ3v) is 9.44. The van der Waals surface area contributed by atoms with Gasteiger partial charge in [0, 0.05) is 57.0 Å². The topological polar surface area (TPSA) is 116 Å². The minimum atomic E-state index is -0.208. The minimum Gasteiger partial charge on any atom is -0.466 e.